The van der Waals surface area contributed by atoms with E-state index in [1.807, 2.05) is 38.1 Å². The highest BCUT2D eigenvalue weighted by atomic mass is 16.5. The molecule has 0 atom stereocenters. The van der Waals surface area contributed by atoms with Crippen LogP contribution in [0, 0.1) is 6.92 Å². The zero-order valence-electron chi connectivity index (χ0n) is 9.84. The molecule has 88 valence electrons. The van der Waals surface area contributed by atoms with Crippen LogP contribution in [0.25, 0.3) is 11.3 Å². The van der Waals surface area contributed by atoms with E-state index in [9.17, 15) is 0 Å². The Hall–Kier alpha value is -2.17. The summed E-state index contributed by atoms with van der Waals surface area (Å²) in [5.74, 6) is 0.542. The quantitative estimate of drug-likeness (QED) is 0.870. The lowest BCUT2D eigenvalue weighted by molar-refractivity contribution is 0.326. The van der Waals surface area contributed by atoms with E-state index in [1.54, 1.807) is 0 Å². The summed E-state index contributed by atoms with van der Waals surface area (Å²) in [6.45, 7) is 4.40. The summed E-state index contributed by atoms with van der Waals surface area (Å²) in [6.07, 6.45) is 0. The smallest absolute Gasteiger partial charge is 0.245 e. The van der Waals surface area contributed by atoms with Crippen LogP contribution in [0.15, 0.2) is 24.3 Å². The summed E-state index contributed by atoms with van der Waals surface area (Å²) in [5, 5.41) is 7.84. The van der Waals surface area contributed by atoms with Crippen molar-refractivity contribution < 1.29 is 4.74 Å². The minimum Gasteiger partial charge on any atom is -0.476 e. The Morgan fingerprint density at radius 2 is 2.00 bits per heavy atom. The summed E-state index contributed by atoms with van der Waals surface area (Å²) in [7, 11) is 0. The van der Waals surface area contributed by atoms with Crippen molar-refractivity contribution in [3.63, 3.8) is 0 Å². The van der Waals surface area contributed by atoms with Crippen LogP contribution in [0.3, 0.4) is 0 Å². The van der Waals surface area contributed by atoms with Crippen molar-refractivity contribution in [3.8, 4) is 17.1 Å². The summed E-state index contributed by atoms with van der Waals surface area (Å²) < 4.78 is 5.43. The first-order valence-electron chi connectivity index (χ1n) is 5.41. The van der Waals surface area contributed by atoms with Gasteiger partial charge in [0.25, 0.3) is 0 Å². The van der Waals surface area contributed by atoms with Crippen LogP contribution in [-0.4, -0.2) is 21.8 Å². The Labute approximate surface area is 99.7 Å². The van der Waals surface area contributed by atoms with Crippen molar-refractivity contribution in [1.29, 1.82) is 0 Å². The Morgan fingerprint density at radius 3 is 2.71 bits per heavy atom. The molecule has 2 aromatic rings. The number of rotatable bonds is 3. The Balaban J connectivity index is 2.55. The number of anilines is 1. The number of aromatic nitrogens is 3. The normalized spacial score (nSPS) is 10.2. The minimum absolute atomic E-state index is 0.116. The molecule has 0 aliphatic rings. The van der Waals surface area contributed by atoms with Gasteiger partial charge in [0.1, 0.15) is 0 Å². The number of nitrogens with two attached hydrogens (primary N) is 1. The molecule has 1 aromatic heterocycles. The molecule has 0 aliphatic carbocycles. The summed E-state index contributed by atoms with van der Waals surface area (Å²) in [6, 6.07) is 7.87. The van der Waals surface area contributed by atoms with Crippen molar-refractivity contribution in [1.82, 2.24) is 15.2 Å². The van der Waals surface area contributed by atoms with E-state index >= 15 is 0 Å². The standard InChI is InChI=1S/C12H14N4O/c1-3-17-11-10(15-16-12(13)14-11)9-7-5-4-6-8(9)2/h4-7H,3H2,1-2H3,(H2,13,14,16). The fourth-order valence-corrected chi connectivity index (χ4v) is 1.57. The first kappa shape index (κ1) is 11.3. The minimum atomic E-state index is 0.116. The van der Waals surface area contributed by atoms with Gasteiger partial charge in [0.15, 0.2) is 5.69 Å². The van der Waals surface area contributed by atoms with Crippen LogP contribution >= 0.6 is 0 Å². The maximum absolute atomic E-state index is 5.51. The zero-order chi connectivity index (χ0) is 12.3. The van der Waals surface area contributed by atoms with Gasteiger partial charge >= 0.3 is 0 Å². The number of hydrogen-bond acceptors (Lipinski definition) is 5. The lowest BCUT2D eigenvalue weighted by atomic mass is 10.1. The van der Waals surface area contributed by atoms with Crippen molar-refractivity contribution in [2.75, 3.05) is 12.3 Å². The molecule has 0 aliphatic heterocycles. The molecule has 0 radical (unpaired) electrons. The third kappa shape index (κ3) is 2.33. The van der Waals surface area contributed by atoms with Gasteiger partial charge in [-0.25, -0.2) is 0 Å². The monoisotopic (exact) mass is 230 g/mol. The van der Waals surface area contributed by atoms with Crippen molar-refractivity contribution in [3.05, 3.63) is 29.8 Å². The molecule has 5 heteroatoms. The van der Waals surface area contributed by atoms with Crippen LogP contribution in [0.1, 0.15) is 12.5 Å². The molecule has 0 unspecified atom stereocenters. The van der Waals surface area contributed by atoms with E-state index < -0.39 is 0 Å². The maximum atomic E-state index is 5.51. The maximum Gasteiger partial charge on any atom is 0.245 e. The van der Waals surface area contributed by atoms with E-state index in [0.29, 0.717) is 18.2 Å². The predicted octanol–water partition coefficient (Wildman–Crippen LogP) is 1.83. The summed E-state index contributed by atoms with van der Waals surface area (Å²) >= 11 is 0. The molecule has 0 spiro atoms. The Morgan fingerprint density at radius 1 is 1.24 bits per heavy atom. The highest BCUT2D eigenvalue weighted by Crippen LogP contribution is 2.28. The van der Waals surface area contributed by atoms with Gasteiger partial charge in [-0.3, -0.25) is 0 Å². The topological polar surface area (TPSA) is 73.9 Å². The zero-order valence-corrected chi connectivity index (χ0v) is 9.84. The number of nitrogen functional groups attached to an aromatic ring is 1. The fraction of sp³-hybridized carbons (Fsp3) is 0.250. The van der Waals surface area contributed by atoms with Crippen LogP contribution in [0.2, 0.25) is 0 Å². The third-order valence-corrected chi connectivity index (χ3v) is 2.35. The average molecular weight is 230 g/mol. The molecule has 1 heterocycles. The molecule has 0 fully saturated rings. The summed E-state index contributed by atoms with van der Waals surface area (Å²) in [4.78, 5) is 4.06. The molecule has 1 aromatic carbocycles. The molecule has 0 saturated heterocycles. The number of benzene rings is 1. The lowest BCUT2D eigenvalue weighted by Crippen LogP contribution is -2.05. The highest BCUT2D eigenvalue weighted by molar-refractivity contribution is 5.67. The second kappa shape index (κ2) is 4.78. The van der Waals surface area contributed by atoms with Crippen molar-refractivity contribution in [2.45, 2.75) is 13.8 Å². The fourth-order valence-electron chi connectivity index (χ4n) is 1.57. The Bertz CT molecular complexity index is 528. The molecule has 2 rings (SSSR count). The number of nitrogens with zero attached hydrogens (tertiary/aromatic N) is 3. The summed E-state index contributed by atoms with van der Waals surface area (Å²) in [5.41, 5.74) is 8.18. The third-order valence-electron chi connectivity index (χ3n) is 2.35. The largest absolute Gasteiger partial charge is 0.476 e. The predicted molar refractivity (Wildman–Crippen MR) is 65.6 cm³/mol. The van der Waals surface area contributed by atoms with Gasteiger partial charge in [0, 0.05) is 5.56 Å². The second-order valence-electron chi connectivity index (χ2n) is 3.57. The van der Waals surface area contributed by atoms with Gasteiger partial charge in [0.05, 0.1) is 6.61 Å². The first-order valence-corrected chi connectivity index (χ1v) is 5.41. The van der Waals surface area contributed by atoms with Gasteiger partial charge in [0.2, 0.25) is 11.8 Å². The number of ether oxygens (including phenoxy) is 1. The molecule has 0 amide bonds. The van der Waals surface area contributed by atoms with Crippen LogP contribution < -0.4 is 10.5 Å². The van der Waals surface area contributed by atoms with Crippen molar-refractivity contribution >= 4 is 5.95 Å². The molecule has 5 nitrogen and oxygen atoms in total. The van der Waals surface area contributed by atoms with Crippen LogP contribution in [0.4, 0.5) is 5.95 Å². The molecule has 0 saturated carbocycles. The van der Waals surface area contributed by atoms with E-state index in [2.05, 4.69) is 15.2 Å². The molecule has 2 N–H and O–H groups in total. The van der Waals surface area contributed by atoms with E-state index in [4.69, 9.17) is 10.5 Å². The average Bonchev–Trinajstić information content (AvgIpc) is 2.31. The van der Waals surface area contributed by atoms with Crippen molar-refractivity contribution in [2.24, 2.45) is 0 Å². The van der Waals surface area contributed by atoms with Crippen LogP contribution in [-0.2, 0) is 0 Å². The van der Waals surface area contributed by atoms with Crippen LogP contribution in [0.5, 0.6) is 5.88 Å². The molecular formula is C12H14N4O. The lowest BCUT2D eigenvalue weighted by Gasteiger charge is -2.09. The number of hydrogen-bond donors (Lipinski definition) is 1. The highest BCUT2D eigenvalue weighted by Gasteiger charge is 2.13. The van der Waals surface area contributed by atoms with Gasteiger partial charge in [-0.05, 0) is 19.4 Å². The second-order valence-corrected chi connectivity index (χ2v) is 3.57. The van der Waals surface area contributed by atoms with Gasteiger partial charge in [-0.15, -0.1) is 10.2 Å². The first-order chi connectivity index (χ1) is 8.22. The van der Waals surface area contributed by atoms with Gasteiger partial charge in [-0.2, -0.15) is 4.98 Å². The number of aryl methyl sites for hydroxylation is 1. The molecular weight excluding hydrogens is 216 g/mol. The SMILES string of the molecule is CCOc1nc(N)nnc1-c1ccccc1C. The van der Waals surface area contributed by atoms with E-state index in [1.165, 1.54) is 0 Å². The molecule has 17 heavy (non-hydrogen) atoms. The van der Waals surface area contributed by atoms with Gasteiger partial charge in [-0.1, -0.05) is 24.3 Å². The molecule has 0 bridgehead atoms. The van der Waals surface area contributed by atoms with E-state index in [0.717, 1.165) is 11.1 Å². The Kier molecular flexibility index (Phi) is 3.18. The van der Waals surface area contributed by atoms with Gasteiger partial charge < -0.3 is 10.5 Å². The van der Waals surface area contributed by atoms with E-state index in [-0.39, 0.29) is 5.95 Å².